The van der Waals surface area contributed by atoms with Gasteiger partial charge in [0.1, 0.15) is 28.7 Å². The van der Waals surface area contributed by atoms with Crippen LogP contribution in [-0.2, 0) is 0 Å². The van der Waals surface area contributed by atoms with E-state index in [9.17, 15) is 35.1 Å². The number of rotatable bonds is 2. The van der Waals surface area contributed by atoms with Gasteiger partial charge >= 0.3 is 12.7 Å². The monoisotopic (exact) mass is 510 g/mol. The van der Waals surface area contributed by atoms with Crippen molar-refractivity contribution < 1.29 is 44.6 Å². The van der Waals surface area contributed by atoms with E-state index < -0.39 is 52.5 Å². The third kappa shape index (κ3) is 7.41. The molecule has 0 bridgehead atoms. The van der Waals surface area contributed by atoms with Gasteiger partial charge < -0.3 is 9.47 Å². The summed E-state index contributed by atoms with van der Waals surface area (Å²) in [5.41, 5.74) is -0.691. The second-order valence-corrected chi connectivity index (χ2v) is 7.41. The number of halogens is 8. The van der Waals surface area contributed by atoms with Gasteiger partial charge in [-0.2, -0.15) is 0 Å². The second-order valence-electron chi connectivity index (χ2n) is 7.41. The summed E-state index contributed by atoms with van der Waals surface area (Å²) in [6.07, 6.45) is -10.6. The minimum Gasteiger partial charge on any atom is -0.404 e. The smallest absolute Gasteiger partial charge is 0.404 e. The Labute approximate surface area is 200 Å². The fraction of sp³-hybridized carbons (Fsp3) is 0.154. The lowest BCUT2D eigenvalue weighted by molar-refractivity contribution is -0.276. The molecule has 0 aliphatic carbocycles. The molecule has 3 rings (SSSR count). The van der Waals surface area contributed by atoms with E-state index in [1.54, 1.807) is 19.1 Å². The lowest BCUT2D eigenvalue weighted by atomic mass is 10.1. The molecule has 3 aromatic carbocycles. The minimum absolute atomic E-state index is 0.244. The van der Waals surface area contributed by atoms with Crippen molar-refractivity contribution in [1.29, 1.82) is 0 Å². The van der Waals surface area contributed by atoms with Crippen LogP contribution in [0.25, 0.3) is 0 Å². The molecule has 0 saturated heterocycles. The zero-order valence-corrected chi connectivity index (χ0v) is 18.5. The van der Waals surface area contributed by atoms with Crippen LogP contribution in [0.15, 0.2) is 48.5 Å². The molecule has 0 atom stereocenters. The van der Waals surface area contributed by atoms with Crippen LogP contribution >= 0.6 is 0 Å². The maximum Gasteiger partial charge on any atom is 0.573 e. The fourth-order valence-corrected chi connectivity index (χ4v) is 2.92. The molecule has 0 amide bonds. The van der Waals surface area contributed by atoms with Gasteiger partial charge in [0.05, 0.1) is 5.56 Å². The van der Waals surface area contributed by atoms with E-state index in [0.29, 0.717) is 17.7 Å². The van der Waals surface area contributed by atoms with E-state index in [1.807, 2.05) is 0 Å². The van der Waals surface area contributed by atoms with E-state index in [4.69, 9.17) is 0 Å². The number of alkyl halides is 6. The van der Waals surface area contributed by atoms with Crippen LogP contribution in [0.1, 0.15) is 33.4 Å². The van der Waals surface area contributed by atoms with Gasteiger partial charge in [0.2, 0.25) is 0 Å². The van der Waals surface area contributed by atoms with E-state index in [-0.39, 0.29) is 5.56 Å². The highest BCUT2D eigenvalue weighted by Crippen LogP contribution is 2.36. The first-order valence-electron chi connectivity index (χ1n) is 9.96. The molecule has 0 heterocycles. The van der Waals surface area contributed by atoms with Crippen LogP contribution in [0.3, 0.4) is 0 Å². The van der Waals surface area contributed by atoms with Crippen molar-refractivity contribution in [1.82, 2.24) is 0 Å². The molecule has 0 aromatic heterocycles. The largest absolute Gasteiger partial charge is 0.573 e. The molecule has 3 aromatic rings. The maximum absolute atomic E-state index is 14.1. The average Bonchev–Trinajstić information content (AvgIpc) is 2.71. The predicted molar refractivity (Wildman–Crippen MR) is 114 cm³/mol. The fourth-order valence-electron chi connectivity index (χ4n) is 2.92. The number of benzene rings is 3. The molecule has 0 spiro atoms. The van der Waals surface area contributed by atoms with Crippen molar-refractivity contribution in [3.8, 4) is 35.2 Å². The Kier molecular flexibility index (Phi) is 7.49. The number of ether oxygens (including phenoxy) is 2. The summed E-state index contributed by atoms with van der Waals surface area (Å²) >= 11 is 0. The predicted octanol–water partition coefficient (Wildman–Crippen LogP) is 7.18. The molecular formula is C26H14F8O2. The van der Waals surface area contributed by atoms with Crippen molar-refractivity contribution in [3.05, 3.63) is 93.5 Å². The van der Waals surface area contributed by atoms with Crippen LogP contribution < -0.4 is 9.47 Å². The van der Waals surface area contributed by atoms with Gasteiger partial charge in [-0.3, -0.25) is 0 Å². The van der Waals surface area contributed by atoms with Gasteiger partial charge in [0, 0.05) is 11.1 Å². The summed E-state index contributed by atoms with van der Waals surface area (Å²) in [5.74, 6) is 4.51. The van der Waals surface area contributed by atoms with Crippen molar-refractivity contribution in [2.24, 2.45) is 0 Å². The molecule has 0 aliphatic rings. The Bertz CT molecular complexity index is 1340. The highest BCUT2D eigenvalue weighted by atomic mass is 19.4. The Morgan fingerprint density at radius 1 is 0.556 bits per heavy atom. The molecule has 0 N–H and O–H groups in total. The summed E-state index contributed by atoms with van der Waals surface area (Å²) in [7, 11) is 0. The number of hydrogen-bond donors (Lipinski definition) is 0. The Morgan fingerprint density at radius 2 is 1.00 bits per heavy atom. The van der Waals surface area contributed by atoms with Crippen molar-refractivity contribution in [2.45, 2.75) is 26.6 Å². The third-order valence-electron chi connectivity index (χ3n) is 4.42. The summed E-state index contributed by atoms with van der Waals surface area (Å²) in [6, 6.07) is 9.54. The van der Waals surface area contributed by atoms with Gasteiger partial charge in [-0.25, -0.2) is 8.78 Å². The van der Waals surface area contributed by atoms with Crippen LogP contribution in [0.2, 0.25) is 0 Å². The van der Waals surface area contributed by atoms with E-state index >= 15 is 0 Å². The molecule has 0 saturated carbocycles. The number of hydrogen-bond acceptors (Lipinski definition) is 2. The van der Waals surface area contributed by atoms with Crippen molar-refractivity contribution >= 4 is 0 Å². The summed E-state index contributed by atoms with van der Waals surface area (Å²) in [4.78, 5) is 0. The molecule has 186 valence electrons. The first-order chi connectivity index (χ1) is 16.7. The topological polar surface area (TPSA) is 18.5 Å². The summed E-state index contributed by atoms with van der Waals surface area (Å²) in [5, 5.41) is 0. The third-order valence-corrected chi connectivity index (χ3v) is 4.42. The summed E-state index contributed by atoms with van der Waals surface area (Å²) < 4.78 is 114. The highest BCUT2D eigenvalue weighted by molar-refractivity contribution is 5.62. The zero-order chi connectivity index (χ0) is 26.7. The normalized spacial score (nSPS) is 11.2. The van der Waals surface area contributed by atoms with Gasteiger partial charge in [-0.15, -0.1) is 26.3 Å². The van der Waals surface area contributed by atoms with Gasteiger partial charge in [-0.1, -0.05) is 41.4 Å². The van der Waals surface area contributed by atoms with Crippen molar-refractivity contribution in [2.75, 3.05) is 0 Å². The van der Waals surface area contributed by atoms with Crippen LogP contribution in [0, 0.1) is 49.2 Å². The van der Waals surface area contributed by atoms with E-state index in [2.05, 4.69) is 33.2 Å². The lowest BCUT2D eigenvalue weighted by Crippen LogP contribution is -2.20. The Morgan fingerprint density at radius 3 is 1.47 bits per heavy atom. The quantitative estimate of drug-likeness (QED) is 0.269. The Balaban J connectivity index is 2.20. The molecule has 0 unspecified atom stereocenters. The molecule has 0 fully saturated rings. The first kappa shape index (κ1) is 26.4. The summed E-state index contributed by atoms with van der Waals surface area (Å²) in [6.45, 7) is 3.19. The van der Waals surface area contributed by atoms with E-state index in [1.165, 1.54) is 19.1 Å². The van der Waals surface area contributed by atoms with Crippen molar-refractivity contribution in [3.63, 3.8) is 0 Å². The van der Waals surface area contributed by atoms with Gasteiger partial charge in [0.25, 0.3) is 0 Å². The molecule has 0 aliphatic heterocycles. The van der Waals surface area contributed by atoms with Crippen LogP contribution in [0.5, 0.6) is 11.5 Å². The molecule has 36 heavy (non-hydrogen) atoms. The lowest BCUT2D eigenvalue weighted by Gasteiger charge is -2.16. The first-order valence-corrected chi connectivity index (χ1v) is 9.96. The Hall–Kier alpha value is -4.18. The maximum atomic E-state index is 14.1. The standard InChI is InChI=1S/C26H14F8O2/c1-15-3-5-17(6-4-15)7-10-20-23(35-25(29,30)31)13-18(14-24(20)36-26(32,33)34)8-9-19-21(27)11-16(2)12-22(19)28/h3-6,11-14H,1-2H3. The van der Waals surface area contributed by atoms with Crippen LogP contribution in [-0.4, -0.2) is 12.7 Å². The molecule has 2 nitrogen and oxygen atoms in total. The van der Waals surface area contributed by atoms with Gasteiger partial charge in [0.15, 0.2) is 0 Å². The second kappa shape index (κ2) is 10.2. The molecule has 0 radical (unpaired) electrons. The SMILES string of the molecule is Cc1ccc(C#Cc2c(OC(F)(F)F)cc(C#Cc3c(F)cc(C)cc3F)cc2OC(F)(F)F)cc1. The zero-order valence-electron chi connectivity index (χ0n) is 18.5. The van der Waals surface area contributed by atoms with E-state index in [0.717, 1.165) is 17.7 Å². The van der Waals surface area contributed by atoms with Gasteiger partial charge in [-0.05, 0) is 55.8 Å². The minimum atomic E-state index is -5.31. The van der Waals surface area contributed by atoms with Crippen LogP contribution in [0.4, 0.5) is 35.1 Å². The molecular weight excluding hydrogens is 496 g/mol. The number of aryl methyl sites for hydroxylation is 2. The highest BCUT2D eigenvalue weighted by Gasteiger charge is 2.36. The average molecular weight is 510 g/mol. The molecule has 10 heteroatoms.